The summed E-state index contributed by atoms with van der Waals surface area (Å²) in [5, 5.41) is 15.8. The topological polar surface area (TPSA) is 135 Å². The molecule has 5 atom stereocenters. The van der Waals surface area contributed by atoms with Crippen molar-refractivity contribution in [2.24, 2.45) is 17.8 Å². The van der Waals surface area contributed by atoms with Crippen LogP contribution in [0.15, 0.2) is 5.38 Å². The number of esters is 2. The Bertz CT molecular complexity index is 920. The molecule has 216 valence electrons. The maximum Gasteiger partial charge on any atom is 0.357 e. The minimum atomic E-state index is -1.08. The minimum absolute atomic E-state index is 0.0927. The standard InChI is InChI=1S/C27H45N3O7S/c1-9-12-22(32)37-15-30(26(34)23(17(6)10-2)29-24(33)18(7)11-3)20(16(4)5)13-21(31)25-28-19(14-38-25)27(35)36-8/h14,16-18,20-21,23,31H,9-13,15H2,1-8H3,(H,29,33). The summed E-state index contributed by atoms with van der Waals surface area (Å²) in [5.41, 5.74) is 0.0960. The number of amides is 2. The molecule has 11 heteroatoms. The first-order chi connectivity index (χ1) is 17.9. The van der Waals surface area contributed by atoms with Gasteiger partial charge in [0.05, 0.1) is 7.11 Å². The van der Waals surface area contributed by atoms with Crippen molar-refractivity contribution in [3.63, 3.8) is 0 Å². The molecule has 38 heavy (non-hydrogen) atoms. The molecule has 2 N–H and O–H groups in total. The Labute approximate surface area is 230 Å². The molecule has 1 aromatic heterocycles. The van der Waals surface area contributed by atoms with E-state index in [0.29, 0.717) is 24.3 Å². The van der Waals surface area contributed by atoms with Crippen LogP contribution < -0.4 is 5.32 Å². The van der Waals surface area contributed by atoms with Gasteiger partial charge in [0.15, 0.2) is 12.4 Å². The van der Waals surface area contributed by atoms with Crippen LogP contribution in [-0.4, -0.2) is 64.7 Å². The molecule has 0 saturated heterocycles. The Hall–Kier alpha value is -2.53. The lowest BCUT2D eigenvalue weighted by Crippen LogP contribution is -2.57. The average molecular weight is 556 g/mol. The fourth-order valence-corrected chi connectivity index (χ4v) is 4.60. The summed E-state index contributed by atoms with van der Waals surface area (Å²) in [6, 6.07) is -1.37. The van der Waals surface area contributed by atoms with Crippen molar-refractivity contribution in [2.45, 2.75) is 98.8 Å². The fourth-order valence-electron chi connectivity index (χ4n) is 3.81. The highest BCUT2D eigenvalue weighted by Gasteiger charge is 2.37. The number of aromatic nitrogens is 1. The number of hydrogen-bond acceptors (Lipinski definition) is 9. The molecule has 10 nitrogen and oxygen atoms in total. The number of hydrogen-bond donors (Lipinski definition) is 2. The van der Waals surface area contributed by atoms with Crippen LogP contribution in [0, 0.1) is 17.8 Å². The molecule has 1 heterocycles. The van der Waals surface area contributed by atoms with E-state index in [2.05, 4.69) is 10.3 Å². The summed E-state index contributed by atoms with van der Waals surface area (Å²) in [4.78, 5) is 56.5. The molecule has 0 spiro atoms. The number of nitrogens with zero attached hydrogens (tertiary/aromatic N) is 2. The number of aliphatic hydroxyl groups is 1. The molecule has 0 fully saturated rings. The van der Waals surface area contributed by atoms with Gasteiger partial charge in [-0.05, 0) is 24.7 Å². The van der Waals surface area contributed by atoms with E-state index in [-0.39, 0.29) is 54.8 Å². The Morgan fingerprint density at radius 2 is 1.76 bits per heavy atom. The van der Waals surface area contributed by atoms with Crippen molar-refractivity contribution in [3.8, 4) is 0 Å². The van der Waals surface area contributed by atoms with Crippen molar-refractivity contribution in [1.82, 2.24) is 15.2 Å². The largest absolute Gasteiger partial charge is 0.464 e. The van der Waals surface area contributed by atoms with Gasteiger partial charge in [-0.25, -0.2) is 9.78 Å². The van der Waals surface area contributed by atoms with Gasteiger partial charge in [0.2, 0.25) is 11.8 Å². The van der Waals surface area contributed by atoms with Crippen LogP contribution in [0.25, 0.3) is 0 Å². The SMILES string of the molecule is CCCC(=O)OCN(C(=O)C(NC(=O)C(C)CC)C(C)CC)C(CC(O)c1nc(C(=O)OC)cs1)C(C)C. The zero-order valence-corrected chi connectivity index (χ0v) is 24.8. The van der Waals surface area contributed by atoms with Gasteiger partial charge < -0.3 is 24.8 Å². The molecule has 0 aliphatic carbocycles. The fraction of sp³-hybridized carbons (Fsp3) is 0.741. The lowest BCUT2D eigenvalue weighted by Gasteiger charge is -2.38. The number of carbonyl (C=O) groups is 4. The van der Waals surface area contributed by atoms with E-state index in [1.54, 1.807) is 0 Å². The van der Waals surface area contributed by atoms with Crippen LogP contribution in [0.5, 0.6) is 0 Å². The van der Waals surface area contributed by atoms with Gasteiger partial charge in [0.25, 0.3) is 0 Å². The van der Waals surface area contributed by atoms with Crippen LogP contribution in [0.4, 0.5) is 0 Å². The second kappa shape index (κ2) is 16.4. The molecule has 0 radical (unpaired) electrons. The lowest BCUT2D eigenvalue weighted by molar-refractivity contribution is -0.159. The molecule has 0 bridgehead atoms. The van der Waals surface area contributed by atoms with Gasteiger partial charge in [0.1, 0.15) is 17.2 Å². The van der Waals surface area contributed by atoms with Crippen LogP contribution in [-0.2, 0) is 23.9 Å². The molecule has 0 saturated carbocycles. The monoisotopic (exact) mass is 555 g/mol. The van der Waals surface area contributed by atoms with Gasteiger partial charge in [-0.3, -0.25) is 14.4 Å². The zero-order valence-electron chi connectivity index (χ0n) is 24.0. The molecular weight excluding hydrogens is 510 g/mol. The molecule has 1 rings (SSSR count). The summed E-state index contributed by atoms with van der Waals surface area (Å²) >= 11 is 1.12. The van der Waals surface area contributed by atoms with E-state index in [0.717, 1.165) is 11.3 Å². The minimum Gasteiger partial charge on any atom is -0.464 e. The Kier molecular flexibility index (Phi) is 14.5. The third kappa shape index (κ3) is 9.65. The van der Waals surface area contributed by atoms with E-state index in [1.165, 1.54) is 17.4 Å². The zero-order chi connectivity index (χ0) is 29.0. The summed E-state index contributed by atoms with van der Waals surface area (Å²) < 4.78 is 10.2. The number of methoxy groups -OCH3 is 1. The van der Waals surface area contributed by atoms with Gasteiger partial charge in [-0.15, -0.1) is 11.3 Å². The van der Waals surface area contributed by atoms with Crippen molar-refractivity contribution in [2.75, 3.05) is 13.8 Å². The molecule has 0 aliphatic rings. The third-order valence-corrected chi connectivity index (χ3v) is 7.72. The van der Waals surface area contributed by atoms with Gasteiger partial charge in [0, 0.05) is 30.2 Å². The normalized spacial score (nSPS) is 15.2. The Morgan fingerprint density at radius 1 is 1.11 bits per heavy atom. The van der Waals surface area contributed by atoms with Crippen molar-refractivity contribution >= 4 is 35.1 Å². The van der Waals surface area contributed by atoms with Crippen LogP contribution in [0.2, 0.25) is 0 Å². The first-order valence-corrected chi connectivity index (χ1v) is 14.3. The smallest absolute Gasteiger partial charge is 0.357 e. The van der Waals surface area contributed by atoms with Crippen LogP contribution in [0.3, 0.4) is 0 Å². The summed E-state index contributed by atoms with van der Waals surface area (Å²) in [7, 11) is 1.25. The van der Waals surface area contributed by atoms with Crippen LogP contribution >= 0.6 is 11.3 Å². The molecule has 0 aromatic carbocycles. The third-order valence-electron chi connectivity index (χ3n) is 6.77. The second-order valence-corrected chi connectivity index (χ2v) is 10.9. The molecular formula is C27H45N3O7S. The molecule has 1 aromatic rings. The van der Waals surface area contributed by atoms with E-state index < -0.39 is 30.1 Å². The van der Waals surface area contributed by atoms with Gasteiger partial charge in [-0.1, -0.05) is 54.9 Å². The molecule has 0 aliphatic heterocycles. The second-order valence-electron chi connectivity index (χ2n) is 10.0. The first kappa shape index (κ1) is 33.5. The Balaban J connectivity index is 3.35. The highest BCUT2D eigenvalue weighted by Crippen LogP contribution is 2.29. The van der Waals surface area contributed by atoms with Crippen molar-refractivity contribution < 1.29 is 33.8 Å². The average Bonchev–Trinajstić information content (AvgIpc) is 3.39. The number of thiazole rings is 1. The van der Waals surface area contributed by atoms with E-state index in [1.807, 2.05) is 48.5 Å². The lowest BCUT2D eigenvalue weighted by atomic mass is 9.92. The van der Waals surface area contributed by atoms with E-state index in [4.69, 9.17) is 9.47 Å². The number of carbonyl (C=O) groups excluding carboxylic acids is 4. The van der Waals surface area contributed by atoms with E-state index >= 15 is 0 Å². The number of ether oxygens (including phenoxy) is 2. The van der Waals surface area contributed by atoms with Gasteiger partial charge in [-0.2, -0.15) is 0 Å². The highest BCUT2D eigenvalue weighted by atomic mass is 32.1. The summed E-state index contributed by atoms with van der Waals surface area (Å²) in [6.45, 7) is 12.9. The number of aliphatic hydroxyl groups excluding tert-OH is 1. The predicted octanol–water partition coefficient (Wildman–Crippen LogP) is 4.08. The molecule has 2 amide bonds. The highest BCUT2D eigenvalue weighted by molar-refractivity contribution is 7.09. The summed E-state index contributed by atoms with van der Waals surface area (Å²) in [6.07, 6.45) is 1.11. The predicted molar refractivity (Wildman–Crippen MR) is 145 cm³/mol. The Morgan fingerprint density at radius 3 is 2.29 bits per heavy atom. The number of rotatable bonds is 16. The van der Waals surface area contributed by atoms with Gasteiger partial charge >= 0.3 is 11.9 Å². The first-order valence-electron chi connectivity index (χ1n) is 13.4. The summed E-state index contributed by atoms with van der Waals surface area (Å²) in [5.74, 6) is -2.20. The van der Waals surface area contributed by atoms with E-state index in [9.17, 15) is 24.3 Å². The van der Waals surface area contributed by atoms with Crippen molar-refractivity contribution in [3.05, 3.63) is 16.1 Å². The maximum absolute atomic E-state index is 14.0. The van der Waals surface area contributed by atoms with Crippen molar-refractivity contribution in [1.29, 1.82) is 0 Å². The number of nitrogens with one attached hydrogen (secondary N) is 1. The van der Waals surface area contributed by atoms with Crippen LogP contribution in [0.1, 0.15) is 102 Å². The quantitative estimate of drug-likeness (QED) is 0.230. The molecule has 5 unspecified atom stereocenters. The maximum atomic E-state index is 14.0.